The molecule has 1 aromatic rings. The van der Waals surface area contributed by atoms with Gasteiger partial charge in [0.2, 0.25) is 0 Å². The number of ether oxygens (including phenoxy) is 1. The molecular weight excluding hydrogens is 366 g/mol. The minimum Gasteiger partial charge on any atom is -0.496 e. The summed E-state index contributed by atoms with van der Waals surface area (Å²) in [7, 11) is 3.95. The molecule has 1 heterocycles. The van der Waals surface area contributed by atoms with Gasteiger partial charge in [-0.25, -0.2) is 0 Å². The van der Waals surface area contributed by atoms with Crippen molar-refractivity contribution in [3.8, 4) is 5.75 Å². The molecule has 0 spiro atoms. The van der Waals surface area contributed by atoms with Gasteiger partial charge >= 0.3 is 0 Å². The minimum atomic E-state index is 0.491. The Hall–Kier alpha value is -1.33. The summed E-state index contributed by atoms with van der Waals surface area (Å²) in [4.78, 5) is 4.81. The molecule has 28 heavy (non-hydrogen) atoms. The molecular formula is C23H39N3OS. The van der Waals surface area contributed by atoms with E-state index in [4.69, 9.17) is 17.0 Å². The van der Waals surface area contributed by atoms with E-state index in [9.17, 15) is 0 Å². The maximum absolute atomic E-state index is 5.84. The lowest BCUT2D eigenvalue weighted by Crippen LogP contribution is -2.49. The van der Waals surface area contributed by atoms with Crippen LogP contribution < -0.4 is 10.1 Å². The molecule has 0 bridgehead atoms. The summed E-state index contributed by atoms with van der Waals surface area (Å²) in [6, 6.07) is 8.78. The van der Waals surface area contributed by atoms with E-state index in [1.54, 1.807) is 7.11 Å². The molecule has 1 aliphatic rings. The number of thiocarbonyl (C=S) groups is 1. The van der Waals surface area contributed by atoms with Crippen LogP contribution in [0.25, 0.3) is 0 Å². The second-order valence-corrected chi connectivity index (χ2v) is 8.36. The fraction of sp³-hybridized carbons (Fsp3) is 0.696. The van der Waals surface area contributed by atoms with Gasteiger partial charge in [0.1, 0.15) is 5.75 Å². The number of hydrogen-bond donors (Lipinski definition) is 1. The van der Waals surface area contributed by atoms with Crippen molar-refractivity contribution in [2.45, 2.75) is 70.9 Å². The molecule has 0 aliphatic carbocycles. The summed E-state index contributed by atoms with van der Waals surface area (Å²) >= 11 is 5.84. The van der Waals surface area contributed by atoms with Crippen LogP contribution in [0, 0.1) is 0 Å². The molecule has 0 amide bonds. The first-order valence-electron chi connectivity index (χ1n) is 11.0. The summed E-state index contributed by atoms with van der Waals surface area (Å²) < 4.78 is 5.58. The van der Waals surface area contributed by atoms with Crippen molar-refractivity contribution in [1.82, 2.24) is 15.1 Å². The zero-order valence-corrected chi connectivity index (χ0v) is 18.9. The highest BCUT2D eigenvalue weighted by molar-refractivity contribution is 7.80. The van der Waals surface area contributed by atoms with Crippen molar-refractivity contribution in [3.63, 3.8) is 0 Å². The summed E-state index contributed by atoms with van der Waals surface area (Å²) in [6.07, 6.45) is 10.1. The monoisotopic (exact) mass is 405 g/mol. The Labute approximate surface area is 177 Å². The average molecular weight is 406 g/mol. The van der Waals surface area contributed by atoms with Gasteiger partial charge in [-0.05, 0) is 57.7 Å². The number of nitrogens with zero attached hydrogens (tertiary/aromatic N) is 2. The first-order chi connectivity index (χ1) is 13.7. The minimum absolute atomic E-state index is 0.491. The van der Waals surface area contributed by atoms with Gasteiger partial charge in [0.15, 0.2) is 5.11 Å². The zero-order chi connectivity index (χ0) is 20.2. The molecule has 0 saturated carbocycles. The number of para-hydroxylation sites is 1. The Morgan fingerprint density at radius 3 is 2.54 bits per heavy atom. The van der Waals surface area contributed by atoms with Gasteiger partial charge in [-0.15, -0.1) is 0 Å². The zero-order valence-electron chi connectivity index (χ0n) is 18.1. The van der Waals surface area contributed by atoms with Crippen molar-refractivity contribution in [2.75, 3.05) is 33.8 Å². The standard InChI is InChI=1S/C23H39N3OS/c1-4-5-6-7-8-11-16-24-23(28)26(21-14-17-25(2)18-15-21)19-20-12-9-10-13-22(20)27-3/h9-10,12-13,21H,4-8,11,14-19H2,1-3H3,(H,24,28). The third-order valence-electron chi connectivity index (χ3n) is 5.73. The van der Waals surface area contributed by atoms with Gasteiger partial charge in [0.05, 0.1) is 7.11 Å². The van der Waals surface area contributed by atoms with E-state index >= 15 is 0 Å². The van der Waals surface area contributed by atoms with Crippen LogP contribution in [0.1, 0.15) is 63.9 Å². The number of likely N-dealkylation sites (tertiary alicyclic amines) is 1. The molecule has 158 valence electrons. The molecule has 5 heteroatoms. The van der Waals surface area contributed by atoms with Gasteiger partial charge in [0.25, 0.3) is 0 Å². The van der Waals surface area contributed by atoms with E-state index in [0.29, 0.717) is 6.04 Å². The van der Waals surface area contributed by atoms with Crippen LogP contribution in [0.4, 0.5) is 0 Å². The summed E-state index contributed by atoms with van der Waals surface area (Å²) in [5.41, 5.74) is 1.20. The van der Waals surface area contributed by atoms with Crippen molar-refractivity contribution < 1.29 is 4.74 Å². The van der Waals surface area contributed by atoms with Crippen LogP contribution in [0.2, 0.25) is 0 Å². The lowest BCUT2D eigenvalue weighted by molar-refractivity contribution is 0.170. The molecule has 0 atom stereocenters. The Balaban J connectivity index is 1.92. The average Bonchev–Trinajstić information content (AvgIpc) is 2.72. The Kier molecular flexibility index (Phi) is 10.7. The second kappa shape index (κ2) is 13.0. The van der Waals surface area contributed by atoms with Gasteiger partial charge in [0, 0.05) is 24.7 Å². The Morgan fingerprint density at radius 1 is 1.14 bits per heavy atom. The molecule has 0 aromatic heterocycles. The van der Waals surface area contributed by atoms with Crippen LogP contribution in [0.15, 0.2) is 24.3 Å². The molecule has 0 unspecified atom stereocenters. The second-order valence-electron chi connectivity index (χ2n) is 7.97. The number of unbranched alkanes of at least 4 members (excludes halogenated alkanes) is 5. The predicted molar refractivity (Wildman–Crippen MR) is 123 cm³/mol. The molecule has 2 rings (SSSR count). The van der Waals surface area contributed by atoms with E-state index in [1.807, 2.05) is 12.1 Å². The van der Waals surface area contributed by atoms with Crippen LogP contribution >= 0.6 is 12.2 Å². The molecule has 1 N–H and O–H groups in total. The van der Waals surface area contributed by atoms with Gasteiger partial charge in [-0.2, -0.15) is 0 Å². The van der Waals surface area contributed by atoms with Crippen LogP contribution in [-0.4, -0.2) is 54.7 Å². The van der Waals surface area contributed by atoms with E-state index < -0.39 is 0 Å². The number of hydrogen-bond acceptors (Lipinski definition) is 3. The highest BCUT2D eigenvalue weighted by Gasteiger charge is 2.25. The summed E-state index contributed by atoms with van der Waals surface area (Å²) in [6.45, 7) is 6.31. The van der Waals surface area contributed by atoms with Crippen LogP contribution in [0.5, 0.6) is 5.75 Å². The van der Waals surface area contributed by atoms with Gasteiger partial charge in [-0.1, -0.05) is 57.2 Å². The quantitative estimate of drug-likeness (QED) is 0.421. The van der Waals surface area contributed by atoms with Crippen LogP contribution in [0.3, 0.4) is 0 Å². The molecule has 1 aromatic carbocycles. The molecule has 1 saturated heterocycles. The number of methoxy groups -OCH3 is 1. The van der Waals surface area contributed by atoms with E-state index in [-0.39, 0.29) is 0 Å². The number of piperidine rings is 1. The third kappa shape index (κ3) is 7.59. The highest BCUT2D eigenvalue weighted by atomic mass is 32.1. The van der Waals surface area contributed by atoms with Crippen molar-refractivity contribution >= 4 is 17.3 Å². The summed E-state index contributed by atoms with van der Waals surface area (Å²) in [5, 5.41) is 4.44. The molecule has 1 fully saturated rings. The van der Waals surface area contributed by atoms with E-state index in [2.05, 4.69) is 41.2 Å². The van der Waals surface area contributed by atoms with Crippen molar-refractivity contribution in [2.24, 2.45) is 0 Å². The first-order valence-corrected chi connectivity index (χ1v) is 11.4. The SMILES string of the molecule is CCCCCCCCNC(=S)N(Cc1ccccc1OC)C1CCN(C)CC1. The maximum atomic E-state index is 5.84. The van der Waals surface area contributed by atoms with Crippen molar-refractivity contribution in [1.29, 1.82) is 0 Å². The number of rotatable bonds is 11. The fourth-order valence-electron chi connectivity index (χ4n) is 3.89. The summed E-state index contributed by atoms with van der Waals surface area (Å²) in [5.74, 6) is 0.944. The largest absolute Gasteiger partial charge is 0.496 e. The van der Waals surface area contributed by atoms with E-state index in [1.165, 1.54) is 44.1 Å². The Morgan fingerprint density at radius 2 is 1.82 bits per heavy atom. The predicted octanol–water partition coefficient (Wildman–Crippen LogP) is 4.83. The smallest absolute Gasteiger partial charge is 0.169 e. The fourth-order valence-corrected chi connectivity index (χ4v) is 4.21. The highest BCUT2D eigenvalue weighted by Crippen LogP contribution is 2.24. The molecule has 4 nitrogen and oxygen atoms in total. The molecule has 0 radical (unpaired) electrons. The van der Waals surface area contributed by atoms with E-state index in [0.717, 1.165) is 49.9 Å². The molecule has 1 aliphatic heterocycles. The van der Waals surface area contributed by atoms with Crippen molar-refractivity contribution in [3.05, 3.63) is 29.8 Å². The third-order valence-corrected chi connectivity index (χ3v) is 6.11. The maximum Gasteiger partial charge on any atom is 0.169 e. The lowest BCUT2D eigenvalue weighted by Gasteiger charge is -2.39. The topological polar surface area (TPSA) is 27.7 Å². The van der Waals surface area contributed by atoms with Gasteiger partial charge < -0.3 is 19.9 Å². The first kappa shape index (κ1) is 23.0. The van der Waals surface area contributed by atoms with Crippen LogP contribution in [-0.2, 0) is 6.54 Å². The number of nitrogens with one attached hydrogen (secondary N) is 1. The lowest BCUT2D eigenvalue weighted by atomic mass is 10.0. The Bertz CT molecular complexity index is 573. The normalized spacial score (nSPS) is 15.4. The van der Waals surface area contributed by atoms with Gasteiger partial charge in [-0.3, -0.25) is 0 Å². The number of benzene rings is 1.